The highest BCUT2D eigenvalue weighted by Crippen LogP contribution is 2.42. The van der Waals surface area contributed by atoms with E-state index in [1.807, 2.05) is 44.1 Å². The van der Waals surface area contributed by atoms with Gasteiger partial charge >= 0.3 is 24.1 Å². The molecular formula is C48H67N5O12. The second-order valence-corrected chi connectivity index (χ2v) is 18.3. The summed E-state index contributed by atoms with van der Waals surface area (Å²) in [5.41, 5.74) is -1.78. The topological polar surface area (TPSA) is 214 Å². The number of pyridine rings is 2. The minimum Gasteiger partial charge on any atom is -0.461 e. The molecule has 3 saturated heterocycles. The van der Waals surface area contributed by atoms with Crippen LogP contribution in [-0.4, -0.2) is 131 Å². The van der Waals surface area contributed by atoms with Gasteiger partial charge in [-0.1, -0.05) is 64.1 Å². The molecule has 356 valence electrons. The number of hydrogen-bond acceptors (Lipinski definition) is 15. The van der Waals surface area contributed by atoms with Gasteiger partial charge in [0.25, 0.3) is 0 Å². The molecule has 2 amide bonds. The van der Waals surface area contributed by atoms with Gasteiger partial charge in [-0.3, -0.25) is 24.4 Å². The molecule has 0 aromatic carbocycles. The maximum Gasteiger partial charge on any atom is 0.408 e. The lowest BCUT2D eigenvalue weighted by Crippen LogP contribution is -2.61. The van der Waals surface area contributed by atoms with Crippen molar-refractivity contribution in [1.82, 2.24) is 25.5 Å². The van der Waals surface area contributed by atoms with Crippen LogP contribution in [0.25, 0.3) is 6.08 Å². The van der Waals surface area contributed by atoms with Gasteiger partial charge in [-0.05, 0) is 84.3 Å². The van der Waals surface area contributed by atoms with Gasteiger partial charge in [0, 0.05) is 55.1 Å². The molecule has 0 bridgehead atoms. The fourth-order valence-corrected chi connectivity index (χ4v) is 9.48. The van der Waals surface area contributed by atoms with Crippen LogP contribution in [-0.2, 0) is 49.2 Å². The predicted molar refractivity (Wildman–Crippen MR) is 239 cm³/mol. The molecular weight excluding hydrogens is 839 g/mol. The second-order valence-electron chi connectivity index (χ2n) is 18.3. The van der Waals surface area contributed by atoms with E-state index in [1.165, 1.54) is 6.20 Å². The Morgan fingerprint density at radius 1 is 1.02 bits per heavy atom. The molecule has 17 nitrogen and oxygen atoms in total. The third kappa shape index (κ3) is 12.6. The molecule has 14 atom stereocenters. The minimum atomic E-state index is -1.76. The van der Waals surface area contributed by atoms with E-state index in [9.17, 15) is 29.1 Å². The number of aromatic nitrogens is 2. The number of esters is 2. The van der Waals surface area contributed by atoms with Gasteiger partial charge in [0.05, 0.1) is 24.5 Å². The number of rotatable bonds is 12. The monoisotopic (exact) mass is 905 g/mol. The van der Waals surface area contributed by atoms with E-state index in [0.29, 0.717) is 12.0 Å². The molecule has 2 aromatic rings. The van der Waals surface area contributed by atoms with Gasteiger partial charge in [-0.2, -0.15) is 0 Å². The highest BCUT2D eigenvalue weighted by Gasteiger charge is 2.58. The number of nitrogens with one attached hydrogen (secondary N) is 2. The quantitative estimate of drug-likeness (QED) is 0.142. The zero-order chi connectivity index (χ0) is 47.6. The summed E-state index contributed by atoms with van der Waals surface area (Å²) in [4.78, 5) is 80.2. The van der Waals surface area contributed by atoms with Crippen molar-refractivity contribution in [2.75, 3.05) is 20.6 Å². The Hall–Kier alpha value is -5.23. The summed E-state index contributed by atoms with van der Waals surface area (Å²) in [6.45, 7) is 13.5. The van der Waals surface area contributed by atoms with Crippen molar-refractivity contribution in [3.05, 3.63) is 78.4 Å². The fraction of sp³-hybridized carbons (Fsp3) is 0.604. The van der Waals surface area contributed by atoms with Crippen molar-refractivity contribution in [3.63, 3.8) is 0 Å². The van der Waals surface area contributed by atoms with E-state index in [2.05, 4.69) is 20.6 Å². The predicted octanol–water partition coefficient (Wildman–Crippen LogP) is 5.20. The average Bonchev–Trinajstić information content (AvgIpc) is 3.58. The van der Waals surface area contributed by atoms with Crippen LogP contribution in [0.3, 0.4) is 0 Å². The molecule has 3 aliphatic heterocycles. The lowest BCUT2D eigenvalue weighted by Gasteiger charge is -2.48. The SMILES string of the molecule is CC[C@H]1OC(=O)[C@H](C)[C@@H](OC(=O)Cc2cccnc2)[C@H](C)[C@@H](O[C@@H]2O[C@H](C)C[C@H](N(C)C)[C@H]2O)[C@](C)(OC(=O)NC/C=C/C=C/c2cccnc2)C[C@@H](C)C(=O)[C@H](C)[C@H]2NC(=O)O[C@@]21C. The van der Waals surface area contributed by atoms with Crippen LogP contribution in [0.4, 0.5) is 9.59 Å². The Morgan fingerprint density at radius 2 is 1.72 bits per heavy atom. The molecule has 0 saturated carbocycles. The number of allylic oxidation sites excluding steroid dienone is 2. The van der Waals surface area contributed by atoms with Crippen LogP contribution in [0.2, 0.25) is 0 Å². The smallest absolute Gasteiger partial charge is 0.408 e. The van der Waals surface area contributed by atoms with Gasteiger partial charge in [-0.15, -0.1) is 0 Å². The molecule has 0 unspecified atom stereocenters. The van der Waals surface area contributed by atoms with Crippen LogP contribution < -0.4 is 10.6 Å². The maximum atomic E-state index is 14.7. The van der Waals surface area contributed by atoms with E-state index in [1.54, 1.807) is 97.4 Å². The number of likely N-dealkylation sites (N-methyl/N-ethyl adjacent to an activating group) is 1. The number of alkyl carbamates (subject to hydrolysis) is 2. The fourth-order valence-electron chi connectivity index (χ4n) is 9.48. The molecule has 3 N–H and O–H groups in total. The van der Waals surface area contributed by atoms with E-state index in [4.69, 9.17) is 28.4 Å². The molecule has 17 heteroatoms. The van der Waals surface area contributed by atoms with Crippen molar-refractivity contribution >= 4 is 36.0 Å². The molecule has 3 fully saturated rings. The summed E-state index contributed by atoms with van der Waals surface area (Å²) in [7, 11) is 3.67. The van der Waals surface area contributed by atoms with Crippen LogP contribution in [0, 0.1) is 23.7 Å². The van der Waals surface area contributed by atoms with Gasteiger partial charge in [0.15, 0.2) is 11.9 Å². The third-order valence-corrected chi connectivity index (χ3v) is 12.9. The van der Waals surface area contributed by atoms with Crippen molar-refractivity contribution in [2.45, 2.75) is 141 Å². The number of carbonyl (C=O) groups is 5. The Balaban J connectivity index is 1.60. The Kier molecular flexibility index (Phi) is 17.4. The van der Waals surface area contributed by atoms with Crippen LogP contribution in [0.5, 0.6) is 0 Å². The van der Waals surface area contributed by atoms with Crippen molar-refractivity contribution in [2.24, 2.45) is 23.7 Å². The summed E-state index contributed by atoms with van der Waals surface area (Å²) < 4.78 is 37.9. The largest absolute Gasteiger partial charge is 0.461 e. The molecule has 65 heavy (non-hydrogen) atoms. The average molecular weight is 906 g/mol. The van der Waals surface area contributed by atoms with Gasteiger partial charge in [0.2, 0.25) is 0 Å². The van der Waals surface area contributed by atoms with Crippen LogP contribution in [0.1, 0.15) is 85.8 Å². The van der Waals surface area contributed by atoms with Gasteiger partial charge in [-0.25, -0.2) is 9.59 Å². The Morgan fingerprint density at radius 3 is 2.37 bits per heavy atom. The van der Waals surface area contributed by atoms with Gasteiger partial charge < -0.3 is 49.1 Å². The number of aliphatic hydroxyl groups excluding tert-OH is 1. The lowest BCUT2D eigenvalue weighted by atomic mass is 9.73. The standard InChI is InChI=1S/C48H67N5O12/c1-11-36-48(8)41(52-46(59)65-48)30(4)38(55)28(2)25-47(7,64-45(58)51-22-14-12-13-17-33-18-15-20-49-26-33)42(63-44-39(56)35(53(9)10)23-29(3)60-44)31(5)40(32(6)43(57)61-36)62-37(54)24-34-19-16-21-50-27-34/h12-21,26-32,35-36,39-42,44,56H,11,22-25H2,1-10H3,(H,51,58)(H,52,59)/b14-12+,17-13+/t28-,29-,30+,31+,32-,35+,36-,39-,40+,41-,42-,44+,47-,48-/m1/s1. The molecule has 0 aliphatic carbocycles. The number of hydrogen-bond donors (Lipinski definition) is 3. The zero-order valence-corrected chi connectivity index (χ0v) is 39.2. The Bertz CT molecular complexity index is 2000. The first-order valence-corrected chi connectivity index (χ1v) is 22.4. The van der Waals surface area contributed by atoms with Crippen molar-refractivity contribution in [1.29, 1.82) is 0 Å². The summed E-state index contributed by atoms with van der Waals surface area (Å²) >= 11 is 0. The van der Waals surface area contributed by atoms with Crippen molar-refractivity contribution < 1.29 is 57.5 Å². The van der Waals surface area contributed by atoms with Crippen molar-refractivity contribution in [3.8, 4) is 0 Å². The molecule has 3 aliphatic rings. The molecule has 5 rings (SSSR count). The first kappa shape index (κ1) is 50.8. The number of ketones is 1. The van der Waals surface area contributed by atoms with E-state index in [0.717, 1.165) is 5.56 Å². The number of ether oxygens (including phenoxy) is 6. The second kappa shape index (κ2) is 22.3. The summed E-state index contributed by atoms with van der Waals surface area (Å²) in [6, 6.07) is 5.79. The van der Waals surface area contributed by atoms with E-state index >= 15 is 0 Å². The summed E-state index contributed by atoms with van der Waals surface area (Å²) in [6.07, 6.45) is 5.79. The molecule has 0 spiro atoms. The molecule has 5 heterocycles. The maximum absolute atomic E-state index is 14.7. The van der Waals surface area contributed by atoms with Gasteiger partial charge in [0.1, 0.15) is 35.8 Å². The number of aliphatic hydroxyl groups is 1. The van der Waals surface area contributed by atoms with Crippen LogP contribution >= 0.6 is 0 Å². The highest BCUT2D eigenvalue weighted by atomic mass is 16.7. The normalized spacial score (nSPS) is 34.9. The zero-order valence-electron chi connectivity index (χ0n) is 39.2. The van der Waals surface area contributed by atoms with E-state index in [-0.39, 0.29) is 37.7 Å². The third-order valence-electron chi connectivity index (χ3n) is 12.9. The summed E-state index contributed by atoms with van der Waals surface area (Å²) in [5, 5.41) is 17.4. The molecule has 0 radical (unpaired) electrons. The lowest BCUT2D eigenvalue weighted by molar-refractivity contribution is -0.298. The first-order chi connectivity index (χ1) is 30.8. The highest BCUT2D eigenvalue weighted by molar-refractivity contribution is 5.85. The number of cyclic esters (lactones) is 1. The number of amides is 2. The van der Waals surface area contributed by atoms with Crippen LogP contribution in [0.15, 0.2) is 67.3 Å². The van der Waals surface area contributed by atoms with E-state index < -0.39 is 102 Å². The Labute approximate surface area is 382 Å². The minimum absolute atomic E-state index is 0.0569. The first-order valence-electron chi connectivity index (χ1n) is 22.4. The number of carbonyl (C=O) groups excluding carboxylic acids is 5. The number of nitrogens with zero attached hydrogens (tertiary/aromatic N) is 3. The number of Topliss-reactive ketones (excluding diaryl/α,β-unsaturated/α-hetero) is 1. The molecule has 2 aromatic heterocycles. The number of fused-ring (bicyclic) bond motifs is 1. The summed E-state index contributed by atoms with van der Waals surface area (Å²) in [5.74, 6) is -5.73.